The number of rotatable bonds is 4. The van der Waals surface area contributed by atoms with Gasteiger partial charge in [0, 0.05) is 0 Å². The van der Waals surface area contributed by atoms with Crippen LogP contribution in [0.5, 0.6) is 0 Å². The first-order valence-corrected chi connectivity index (χ1v) is 7.55. The molecular formula is C14H14O4S. The van der Waals surface area contributed by atoms with Crippen LogP contribution in [0.15, 0.2) is 42.5 Å². The molecule has 0 amide bonds. The SMILES string of the molecule is CCCS(=O)(=O)OC(=O)c1ccc2ccccc2c1. The Kier molecular flexibility index (Phi) is 3.85. The lowest BCUT2D eigenvalue weighted by atomic mass is 10.1. The summed E-state index contributed by atoms with van der Waals surface area (Å²) in [6.07, 6.45) is 0.410. The smallest absolute Gasteiger partial charge is 0.341 e. The summed E-state index contributed by atoms with van der Waals surface area (Å²) in [5, 5.41) is 1.85. The average Bonchev–Trinajstić information content (AvgIpc) is 2.37. The predicted molar refractivity (Wildman–Crippen MR) is 73.4 cm³/mol. The Hall–Kier alpha value is -1.88. The lowest BCUT2D eigenvalue weighted by Gasteiger charge is -2.05. The summed E-state index contributed by atoms with van der Waals surface area (Å²) in [7, 11) is -3.78. The third-order valence-electron chi connectivity index (χ3n) is 2.64. The Morgan fingerprint density at radius 1 is 1.11 bits per heavy atom. The van der Waals surface area contributed by atoms with Crippen LogP contribution in [0.3, 0.4) is 0 Å². The number of hydrogen-bond donors (Lipinski definition) is 0. The monoisotopic (exact) mass is 278 g/mol. The van der Waals surface area contributed by atoms with E-state index in [1.807, 2.05) is 24.3 Å². The van der Waals surface area contributed by atoms with Crippen LogP contribution in [0.25, 0.3) is 10.8 Å². The van der Waals surface area contributed by atoms with Gasteiger partial charge in [0.15, 0.2) is 0 Å². The van der Waals surface area contributed by atoms with Crippen molar-refractivity contribution in [2.24, 2.45) is 0 Å². The molecule has 0 aliphatic carbocycles. The van der Waals surface area contributed by atoms with E-state index in [1.54, 1.807) is 25.1 Å². The Labute approximate surface area is 112 Å². The zero-order chi connectivity index (χ0) is 13.9. The summed E-state index contributed by atoms with van der Waals surface area (Å²) in [5.74, 6) is -0.994. The van der Waals surface area contributed by atoms with Gasteiger partial charge in [-0.1, -0.05) is 37.3 Å². The van der Waals surface area contributed by atoms with E-state index in [0.717, 1.165) is 10.8 Å². The molecule has 0 saturated heterocycles. The maximum Gasteiger partial charge on any atom is 0.353 e. The first kappa shape index (κ1) is 13.5. The van der Waals surface area contributed by atoms with Crippen LogP contribution in [0.1, 0.15) is 23.7 Å². The van der Waals surface area contributed by atoms with Crippen molar-refractivity contribution < 1.29 is 17.4 Å². The van der Waals surface area contributed by atoms with E-state index in [4.69, 9.17) is 0 Å². The quantitative estimate of drug-likeness (QED) is 0.807. The van der Waals surface area contributed by atoms with Gasteiger partial charge in [-0.15, -0.1) is 0 Å². The fourth-order valence-corrected chi connectivity index (χ4v) is 2.68. The summed E-state index contributed by atoms with van der Waals surface area (Å²) in [4.78, 5) is 11.8. The maximum absolute atomic E-state index is 11.8. The van der Waals surface area contributed by atoms with E-state index >= 15 is 0 Å². The Balaban J connectivity index is 2.27. The summed E-state index contributed by atoms with van der Waals surface area (Å²) in [6.45, 7) is 1.71. The summed E-state index contributed by atoms with van der Waals surface area (Å²) < 4.78 is 27.4. The molecule has 0 spiro atoms. The molecule has 2 aromatic carbocycles. The van der Waals surface area contributed by atoms with Crippen molar-refractivity contribution in [3.05, 3.63) is 48.0 Å². The zero-order valence-electron chi connectivity index (χ0n) is 10.5. The third kappa shape index (κ3) is 3.32. The molecule has 0 saturated carbocycles. The normalized spacial score (nSPS) is 11.4. The van der Waals surface area contributed by atoms with Crippen molar-refractivity contribution in [1.29, 1.82) is 0 Å². The van der Waals surface area contributed by atoms with Gasteiger partial charge in [0.2, 0.25) is 0 Å². The standard InChI is InChI=1S/C14H14O4S/c1-2-9-19(16,17)18-14(15)13-8-7-11-5-3-4-6-12(11)10-13/h3-8,10H,2,9H2,1H3. The van der Waals surface area contributed by atoms with Gasteiger partial charge in [-0.25, -0.2) is 4.79 Å². The molecule has 5 heteroatoms. The van der Waals surface area contributed by atoms with Crippen LogP contribution >= 0.6 is 0 Å². The Morgan fingerprint density at radius 3 is 2.47 bits per heavy atom. The molecule has 19 heavy (non-hydrogen) atoms. The van der Waals surface area contributed by atoms with Crippen molar-refractivity contribution in [2.45, 2.75) is 13.3 Å². The van der Waals surface area contributed by atoms with Crippen molar-refractivity contribution >= 4 is 26.9 Å². The Bertz CT molecular complexity index is 704. The molecule has 0 N–H and O–H groups in total. The van der Waals surface area contributed by atoms with E-state index in [9.17, 15) is 13.2 Å². The molecule has 0 radical (unpaired) electrons. The molecule has 4 nitrogen and oxygen atoms in total. The van der Waals surface area contributed by atoms with Gasteiger partial charge in [0.05, 0.1) is 11.3 Å². The largest absolute Gasteiger partial charge is 0.353 e. The van der Waals surface area contributed by atoms with Gasteiger partial charge < -0.3 is 4.18 Å². The first-order valence-electron chi connectivity index (χ1n) is 5.97. The van der Waals surface area contributed by atoms with Crippen LogP contribution in [0.2, 0.25) is 0 Å². The van der Waals surface area contributed by atoms with Gasteiger partial charge >= 0.3 is 16.1 Å². The second-order valence-corrected chi connectivity index (χ2v) is 5.88. The van der Waals surface area contributed by atoms with E-state index in [-0.39, 0.29) is 11.3 Å². The first-order chi connectivity index (χ1) is 9.02. The average molecular weight is 278 g/mol. The number of carbonyl (C=O) groups excluding carboxylic acids is 1. The van der Waals surface area contributed by atoms with Crippen molar-refractivity contribution in [3.8, 4) is 0 Å². The molecule has 0 aliphatic heterocycles. The highest BCUT2D eigenvalue weighted by Gasteiger charge is 2.17. The highest BCUT2D eigenvalue weighted by atomic mass is 32.2. The molecule has 100 valence electrons. The molecule has 0 fully saturated rings. The van der Waals surface area contributed by atoms with Crippen LogP contribution in [-0.4, -0.2) is 20.1 Å². The zero-order valence-corrected chi connectivity index (χ0v) is 11.3. The lowest BCUT2D eigenvalue weighted by molar-refractivity contribution is 0.0747. The highest BCUT2D eigenvalue weighted by molar-refractivity contribution is 7.87. The van der Waals surface area contributed by atoms with Gasteiger partial charge in [0.25, 0.3) is 0 Å². The van der Waals surface area contributed by atoms with Gasteiger partial charge in [-0.05, 0) is 29.3 Å². The van der Waals surface area contributed by atoms with E-state index in [0.29, 0.717) is 6.42 Å². The topological polar surface area (TPSA) is 60.4 Å². The Morgan fingerprint density at radius 2 is 1.79 bits per heavy atom. The number of hydrogen-bond acceptors (Lipinski definition) is 4. The molecule has 2 aromatic rings. The summed E-state index contributed by atoms with van der Waals surface area (Å²) in [5.41, 5.74) is 0.235. The van der Waals surface area contributed by atoms with Crippen LogP contribution in [0.4, 0.5) is 0 Å². The van der Waals surface area contributed by atoms with E-state index in [1.165, 1.54) is 0 Å². The highest BCUT2D eigenvalue weighted by Crippen LogP contribution is 2.16. The maximum atomic E-state index is 11.8. The molecule has 0 atom stereocenters. The lowest BCUT2D eigenvalue weighted by Crippen LogP contribution is -2.15. The van der Waals surface area contributed by atoms with Crippen LogP contribution in [-0.2, 0) is 14.3 Å². The van der Waals surface area contributed by atoms with Gasteiger partial charge in [-0.3, -0.25) is 0 Å². The number of benzene rings is 2. The second kappa shape index (κ2) is 5.40. The van der Waals surface area contributed by atoms with E-state index < -0.39 is 16.1 Å². The second-order valence-electron chi connectivity index (χ2n) is 4.19. The van der Waals surface area contributed by atoms with Crippen LogP contribution < -0.4 is 0 Å². The van der Waals surface area contributed by atoms with Gasteiger partial charge in [-0.2, -0.15) is 8.42 Å². The minimum Gasteiger partial charge on any atom is -0.341 e. The molecule has 0 bridgehead atoms. The molecule has 0 heterocycles. The molecule has 0 aliphatic rings. The molecule has 0 unspecified atom stereocenters. The summed E-state index contributed by atoms with van der Waals surface area (Å²) in [6, 6.07) is 12.5. The fraction of sp³-hybridized carbons (Fsp3) is 0.214. The van der Waals surface area contributed by atoms with Gasteiger partial charge in [0.1, 0.15) is 0 Å². The number of carbonyl (C=O) groups is 1. The van der Waals surface area contributed by atoms with Crippen molar-refractivity contribution in [1.82, 2.24) is 0 Å². The third-order valence-corrected chi connectivity index (χ3v) is 3.96. The minimum absolute atomic E-state index is 0.160. The van der Waals surface area contributed by atoms with Crippen molar-refractivity contribution in [3.63, 3.8) is 0 Å². The number of fused-ring (bicyclic) bond motifs is 1. The van der Waals surface area contributed by atoms with Crippen molar-refractivity contribution in [2.75, 3.05) is 5.75 Å². The van der Waals surface area contributed by atoms with Crippen LogP contribution in [0, 0.1) is 0 Å². The molecular weight excluding hydrogens is 264 g/mol. The minimum atomic E-state index is -3.78. The molecule has 2 rings (SSSR count). The van der Waals surface area contributed by atoms with E-state index in [2.05, 4.69) is 4.18 Å². The predicted octanol–water partition coefficient (Wildman–Crippen LogP) is 2.74. The molecule has 0 aromatic heterocycles. The summed E-state index contributed by atoms with van der Waals surface area (Å²) >= 11 is 0. The fourth-order valence-electron chi connectivity index (χ4n) is 1.77.